The van der Waals surface area contributed by atoms with Gasteiger partial charge in [-0.1, -0.05) is 29.8 Å². The first kappa shape index (κ1) is 35.9. The number of amides is 1. The Hall–Kier alpha value is -0.0836. The molecule has 2 fully saturated rings. The topological polar surface area (TPSA) is 96.1 Å². The number of carbonyl (C=O) groups excluding carboxylic acids is 2. The number of aldehydes is 1. The summed E-state index contributed by atoms with van der Waals surface area (Å²) in [5.41, 5.74) is 1.75. The summed E-state index contributed by atoms with van der Waals surface area (Å²) in [6, 6.07) is 7.76. The van der Waals surface area contributed by atoms with Crippen molar-refractivity contribution in [1.82, 2.24) is 10.2 Å². The van der Waals surface area contributed by atoms with Gasteiger partial charge in [-0.2, -0.15) is 12.6 Å². The monoisotopic (exact) mass is 590 g/mol. The van der Waals surface area contributed by atoms with Gasteiger partial charge in [0.1, 0.15) is 6.04 Å². The standard InChI is InChI=1S/C23H35N4O2S2.C4H5FO.K/c1-15(24-4)20(31-6)17-9-7-16(8-10-17)12-26-13-18-11-19(28)14-27(18)22(29)21(25-5)23(2,3)30;5-4(3-6)1-2-4;/h7-10,18-19,21,25,28,30H,4,11-14H2,1-3,5-6H3;3H,1-2H2;/q-1;;+1/b20-15-;;/t18-,19?,21+;;/m0../s1. The molecule has 0 aromatic heterocycles. The average molecular weight is 591 g/mol. The third kappa shape index (κ3) is 10.7. The number of β-amino-alcohol motifs (C(OH)–C–C–N with tert-alkyl or cyclic N) is 1. The van der Waals surface area contributed by atoms with E-state index in [4.69, 9.17) is 5.32 Å². The Kier molecular flexibility index (Phi) is 15.5. The molecule has 2 N–H and O–H groups in total. The van der Waals surface area contributed by atoms with Crippen molar-refractivity contribution in [3.63, 3.8) is 0 Å². The molecule has 38 heavy (non-hydrogen) atoms. The maximum Gasteiger partial charge on any atom is 1.00 e. The van der Waals surface area contributed by atoms with Gasteiger partial charge in [0.05, 0.1) is 11.8 Å². The molecular formula is C27H40FKN4O3S2. The molecule has 1 amide bonds. The van der Waals surface area contributed by atoms with E-state index in [1.807, 2.05) is 27.0 Å². The molecule has 2 aliphatic rings. The fourth-order valence-corrected chi connectivity index (χ4v) is 5.14. The number of carbonyl (C=O) groups is 2. The number of halogens is 1. The van der Waals surface area contributed by atoms with Crippen molar-refractivity contribution in [2.24, 2.45) is 4.99 Å². The maximum atomic E-state index is 13.1. The van der Waals surface area contributed by atoms with E-state index in [1.54, 1.807) is 23.7 Å². The van der Waals surface area contributed by atoms with Crippen molar-refractivity contribution in [3.8, 4) is 0 Å². The zero-order valence-electron chi connectivity index (χ0n) is 23.4. The first-order valence-corrected chi connectivity index (χ1v) is 14.0. The average Bonchev–Trinajstić information content (AvgIpc) is 3.49. The van der Waals surface area contributed by atoms with Crippen molar-refractivity contribution < 1.29 is 70.5 Å². The molecule has 1 heterocycles. The van der Waals surface area contributed by atoms with Gasteiger partial charge in [-0.3, -0.25) is 14.6 Å². The van der Waals surface area contributed by atoms with E-state index in [2.05, 4.69) is 53.9 Å². The van der Waals surface area contributed by atoms with E-state index in [0.717, 1.165) is 21.7 Å². The molecule has 1 aromatic rings. The number of aliphatic hydroxyl groups excluding tert-OH is 1. The third-order valence-corrected chi connectivity index (χ3v) is 7.67. The first-order valence-electron chi connectivity index (χ1n) is 12.4. The molecule has 1 aliphatic heterocycles. The summed E-state index contributed by atoms with van der Waals surface area (Å²) in [5, 5.41) is 17.9. The summed E-state index contributed by atoms with van der Waals surface area (Å²) >= 11 is 6.23. The molecule has 0 bridgehead atoms. The molecular weight excluding hydrogens is 551 g/mol. The number of alkyl halides is 1. The molecule has 0 radical (unpaired) electrons. The minimum absolute atomic E-state index is 0. The zero-order valence-corrected chi connectivity index (χ0v) is 28.2. The van der Waals surface area contributed by atoms with Crippen LogP contribution in [0.4, 0.5) is 4.39 Å². The molecule has 0 spiro atoms. The molecule has 1 unspecified atom stereocenters. The van der Waals surface area contributed by atoms with Gasteiger partial charge in [0.2, 0.25) is 5.91 Å². The van der Waals surface area contributed by atoms with Crippen LogP contribution in [0.5, 0.6) is 0 Å². The second-order valence-corrected chi connectivity index (χ2v) is 12.1. The summed E-state index contributed by atoms with van der Waals surface area (Å²) in [7, 11) is 1.76. The van der Waals surface area contributed by atoms with Gasteiger partial charge in [0.25, 0.3) is 0 Å². The number of likely N-dealkylation sites (N-methyl/N-ethyl adjacent to an activating group) is 1. The van der Waals surface area contributed by atoms with Crippen LogP contribution in [0.3, 0.4) is 0 Å². The summed E-state index contributed by atoms with van der Waals surface area (Å²) in [6.07, 6.45) is 3.33. The van der Waals surface area contributed by atoms with Crippen molar-refractivity contribution in [1.29, 1.82) is 0 Å². The van der Waals surface area contributed by atoms with E-state index < -0.39 is 22.6 Å². The van der Waals surface area contributed by atoms with Crippen LogP contribution >= 0.6 is 24.4 Å². The number of allylic oxidation sites excluding steroid dienone is 1. The van der Waals surface area contributed by atoms with E-state index in [9.17, 15) is 19.1 Å². The maximum absolute atomic E-state index is 13.1. The second kappa shape index (κ2) is 16.4. The van der Waals surface area contributed by atoms with E-state index in [1.165, 1.54) is 0 Å². The van der Waals surface area contributed by atoms with Crippen molar-refractivity contribution >= 4 is 48.2 Å². The molecule has 1 saturated heterocycles. The SMILES string of the molecule is C=N/C(C)=C(\SC)c1ccc(C[N-]C[C@@H]2CC(O)CN2C(=O)[C@@H](NC)C(C)(C)S)cc1.O=CC1(F)CC1.[K+]. The number of nitrogens with one attached hydrogen (secondary N) is 1. The first-order chi connectivity index (χ1) is 17.4. The number of thiol groups is 1. The van der Waals surface area contributed by atoms with Gasteiger partial charge in [-0.15, -0.1) is 24.9 Å². The Morgan fingerprint density at radius 3 is 2.45 bits per heavy atom. The molecule has 1 saturated carbocycles. The molecule has 206 valence electrons. The molecule has 3 atom stereocenters. The van der Waals surface area contributed by atoms with Crippen LogP contribution in [0.15, 0.2) is 35.0 Å². The largest absolute Gasteiger partial charge is 1.00 e. The number of aliphatic hydroxyl groups is 1. The number of likely N-dealkylation sites (tertiary alicyclic amines) is 1. The summed E-state index contributed by atoms with van der Waals surface area (Å²) in [5.74, 6) is -0.0359. The van der Waals surface area contributed by atoms with Gasteiger partial charge in [-0.25, -0.2) is 4.39 Å². The van der Waals surface area contributed by atoms with E-state index in [-0.39, 0.29) is 63.3 Å². The van der Waals surface area contributed by atoms with Crippen molar-refractivity contribution in [3.05, 3.63) is 46.4 Å². The molecule has 11 heteroatoms. The summed E-state index contributed by atoms with van der Waals surface area (Å²) in [4.78, 5) is 29.5. The molecule has 7 nitrogen and oxygen atoms in total. The number of hydrogen-bond donors (Lipinski definition) is 3. The fraction of sp³-hybridized carbons (Fsp3) is 0.593. The quantitative estimate of drug-likeness (QED) is 0.156. The fourth-order valence-electron chi connectivity index (χ4n) is 4.17. The summed E-state index contributed by atoms with van der Waals surface area (Å²) < 4.78 is 11.4. The Bertz CT molecular complexity index is 968. The Labute approximate surface area is 279 Å². The Balaban J connectivity index is 0.000000904. The van der Waals surface area contributed by atoms with E-state index in [0.29, 0.717) is 45.2 Å². The number of nitrogens with zero attached hydrogens (tertiary/aromatic N) is 3. The Morgan fingerprint density at radius 1 is 1.42 bits per heavy atom. The van der Waals surface area contributed by atoms with E-state index >= 15 is 0 Å². The van der Waals surface area contributed by atoms with Gasteiger partial charge in [0, 0.05) is 22.2 Å². The number of benzene rings is 1. The van der Waals surface area contributed by atoms with Crippen molar-refractivity contribution in [2.45, 2.75) is 75.2 Å². The number of rotatable bonds is 11. The van der Waals surface area contributed by atoms with Gasteiger partial charge in [0.15, 0.2) is 12.0 Å². The zero-order chi connectivity index (χ0) is 27.8. The predicted octanol–water partition coefficient (Wildman–Crippen LogP) is 1.26. The third-order valence-electron chi connectivity index (χ3n) is 6.48. The van der Waals surface area contributed by atoms with Crippen LogP contribution in [-0.2, 0) is 16.1 Å². The van der Waals surface area contributed by atoms with Gasteiger partial charge < -0.3 is 20.6 Å². The van der Waals surface area contributed by atoms with Crippen LogP contribution in [0.2, 0.25) is 0 Å². The van der Waals surface area contributed by atoms with Crippen LogP contribution in [0.1, 0.15) is 51.2 Å². The Morgan fingerprint density at radius 2 is 2.03 bits per heavy atom. The summed E-state index contributed by atoms with van der Waals surface area (Å²) in [6.45, 7) is 10.8. The molecule has 3 rings (SSSR count). The number of thioether (sulfide) groups is 1. The van der Waals surface area contributed by atoms with Gasteiger partial charge in [-0.05, 0) is 65.6 Å². The van der Waals surface area contributed by atoms with Gasteiger partial charge >= 0.3 is 51.4 Å². The number of aliphatic imine (C=N–C) groups is 1. The predicted molar refractivity (Wildman–Crippen MR) is 155 cm³/mol. The number of hydrogen-bond acceptors (Lipinski definition) is 7. The smallest absolute Gasteiger partial charge is 0.657 e. The minimum atomic E-state index is -1.39. The minimum Gasteiger partial charge on any atom is -0.657 e. The van der Waals surface area contributed by atoms with Crippen molar-refractivity contribution in [2.75, 3.05) is 26.4 Å². The van der Waals surface area contributed by atoms with Crippen LogP contribution < -0.4 is 56.7 Å². The van der Waals surface area contributed by atoms with Crippen LogP contribution in [0.25, 0.3) is 10.2 Å². The molecule has 1 aliphatic carbocycles. The second-order valence-electron chi connectivity index (χ2n) is 10.1. The normalized spacial score (nSPS) is 21.3. The van der Waals surface area contributed by atoms with Crippen LogP contribution in [0, 0.1) is 0 Å². The molecule has 1 aromatic carbocycles. The van der Waals surface area contributed by atoms with Crippen LogP contribution in [-0.4, -0.2) is 83.9 Å².